The number of hydrogen-bond acceptors (Lipinski definition) is 4. The average molecular weight is 502 g/mol. The molecule has 0 spiro atoms. The Morgan fingerprint density at radius 2 is 1.57 bits per heavy atom. The van der Waals surface area contributed by atoms with Crippen molar-refractivity contribution in [2.75, 3.05) is 23.7 Å². The molecule has 0 saturated carbocycles. The van der Waals surface area contributed by atoms with Gasteiger partial charge in [0.1, 0.15) is 6.04 Å². The summed E-state index contributed by atoms with van der Waals surface area (Å²) in [5.41, 5.74) is 3.77. The van der Waals surface area contributed by atoms with Gasteiger partial charge >= 0.3 is 0 Å². The summed E-state index contributed by atoms with van der Waals surface area (Å²) in [6.45, 7) is 8.80. The number of rotatable bonds is 13. The Morgan fingerprint density at radius 3 is 2.11 bits per heavy atom. The average Bonchev–Trinajstić information content (AvgIpc) is 2.83. The second-order valence-electron chi connectivity index (χ2n) is 8.93. The van der Waals surface area contributed by atoms with Crippen molar-refractivity contribution in [3.05, 3.63) is 65.2 Å². The molecule has 0 aliphatic heterocycles. The number of carbonyl (C=O) groups is 2. The normalized spacial score (nSPS) is 12.1. The van der Waals surface area contributed by atoms with Gasteiger partial charge in [-0.05, 0) is 56.4 Å². The number of anilines is 1. The molecule has 2 amide bonds. The molecule has 1 unspecified atom stereocenters. The third kappa shape index (κ3) is 8.69. The molecule has 0 heterocycles. The van der Waals surface area contributed by atoms with Crippen LogP contribution < -0.4 is 9.62 Å². The summed E-state index contributed by atoms with van der Waals surface area (Å²) in [6.07, 6.45) is 3.33. The Labute approximate surface area is 210 Å². The number of hydrogen-bond donors (Lipinski definition) is 1. The molecule has 7 nitrogen and oxygen atoms in total. The number of nitrogens with zero attached hydrogens (tertiary/aromatic N) is 2. The molecule has 0 aromatic heterocycles. The predicted molar refractivity (Wildman–Crippen MR) is 142 cm³/mol. The van der Waals surface area contributed by atoms with E-state index >= 15 is 0 Å². The summed E-state index contributed by atoms with van der Waals surface area (Å²) in [6, 6.07) is 14.7. The highest BCUT2D eigenvalue weighted by Crippen LogP contribution is 2.20. The fourth-order valence-corrected chi connectivity index (χ4v) is 4.74. The number of amides is 2. The first kappa shape index (κ1) is 28.4. The van der Waals surface area contributed by atoms with Gasteiger partial charge in [-0.3, -0.25) is 13.9 Å². The van der Waals surface area contributed by atoms with Crippen molar-refractivity contribution in [2.24, 2.45) is 0 Å². The molecule has 35 heavy (non-hydrogen) atoms. The second-order valence-corrected chi connectivity index (χ2v) is 10.8. The maximum absolute atomic E-state index is 13.3. The van der Waals surface area contributed by atoms with Gasteiger partial charge in [0, 0.05) is 26.1 Å². The fraction of sp³-hybridized carbons (Fsp3) is 0.481. The molecular formula is C27H39N3O4S. The van der Waals surface area contributed by atoms with Gasteiger partial charge in [-0.25, -0.2) is 8.42 Å². The van der Waals surface area contributed by atoms with Crippen LogP contribution in [0.25, 0.3) is 0 Å². The van der Waals surface area contributed by atoms with Crippen LogP contribution in [0.3, 0.4) is 0 Å². The lowest BCUT2D eigenvalue weighted by molar-refractivity contribution is -0.140. The Kier molecular flexibility index (Phi) is 10.8. The van der Waals surface area contributed by atoms with E-state index in [0.717, 1.165) is 29.5 Å². The molecule has 0 aliphatic carbocycles. The summed E-state index contributed by atoms with van der Waals surface area (Å²) in [5, 5.41) is 2.87. The van der Waals surface area contributed by atoms with Crippen LogP contribution in [0, 0.1) is 6.92 Å². The van der Waals surface area contributed by atoms with Crippen molar-refractivity contribution in [1.82, 2.24) is 10.2 Å². The van der Waals surface area contributed by atoms with Crippen molar-refractivity contribution in [1.29, 1.82) is 0 Å². The molecule has 0 saturated heterocycles. The molecule has 2 aromatic rings. The summed E-state index contributed by atoms with van der Waals surface area (Å²) >= 11 is 0. The van der Waals surface area contributed by atoms with E-state index in [1.54, 1.807) is 24.0 Å². The highest BCUT2D eigenvalue weighted by Gasteiger charge is 2.26. The van der Waals surface area contributed by atoms with Crippen LogP contribution in [0.1, 0.15) is 56.7 Å². The van der Waals surface area contributed by atoms with Crippen LogP contribution in [0.15, 0.2) is 48.5 Å². The predicted octanol–water partition coefficient (Wildman–Crippen LogP) is 4.05. The molecule has 0 aliphatic rings. The van der Waals surface area contributed by atoms with Crippen LogP contribution >= 0.6 is 0 Å². The molecule has 2 aromatic carbocycles. The van der Waals surface area contributed by atoms with Crippen LogP contribution in [0.2, 0.25) is 0 Å². The standard InChI is InChI=1S/C27H39N3O4S/c1-6-18-28-27(32)22(4)29(20-24-12-10-21(3)11-13-24)26(31)9-8-19-30(35(5,33)34)25-16-14-23(7-2)15-17-25/h10-17,22H,6-9,18-20H2,1-5H3,(H,28,32). The summed E-state index contributed by atoms with van der Waals surface area (Å²) in [7, 11) is -3.50. The molecule has 0 fully saturated rings. The minimum Gasteiger partial charge on any atom is -0.354 e. The van der Waals surface area contributed by atoms with Gasteiger partial charge in [-0.1, -0.05) is 55.8 Å². The molecule has 1 N–H and O–H groups in total. The lowest BCUT2D eigenvalue weighted by atomic mass is 10.1. The van der Waals surface area contributed by atoms with E-state index < -0.39 is 16.1 Å². The maximum Gasteiger partial charge on any atom is 0.242 e. The topological polar surface area (TPSA) is 86.8 Å². The van der Waals surface area contributed by atoms with Crippen molar-refractivity contribution in [3.63, 3.8) is 0 Å². The van der Waals surface area contributed by atoms with Crippen molar-refractivity contribution in [2.45, 2.75) is 66.0 Å². The molecular weight excluding hydrogens is 462 g/mol. The number of benzene rings is 2. The SMILES string of the molecule is CCCNC(=O)C(C)N(Cc1ccc(C)cc1)C(=O)CCCN(c1ccc(CC)cc1)S(C)(=O)=O. The highest BCUT2D eigenvalue weighted by molar-refractivity contribution is 7.92. The Morgan fingerprint density at radius 1 is 0.971 bits per heavy atom. The van der Waals surface area contributed by atoms with Gasteiger partial charge in [0.15, 0.2) is 0 Å². The summed E-state index contributed by atoms with van der Waals surface area (Å²) in [4.78, 5) is 27.5. The van der Waals surface area contributed by atoms with Gasteiger partial charge in [-0.15, -0.1) is 0 Å². The monoisotopic (exact) mass is 501 g/mol. The molecule has 192 valence electrons. The molecule has 2 rings (SSSR count). The van der Waals surface area contributed by atoms with E-state index in [9.17, 15) is 18.0 Å². The van der Waals surface area contributed by atoms with E-state index in [4.69, 9.17) is 0 Å². The molecule has 0 radical (unpaired) electrons. The van der Waals surface area contributed by atoms with Gasteiger partial charge in [0.25, 0.3) is 0 Å². The van der Waals surface area contributed by atoms with Gasteiger partial charge in [-0.2, -0.15) is 0 Å². The Bertz CT molecular complexity index is 1070. The third-order valence-corrected chi connectivity index (χ3v) is 7.17. The van der Waals surface area contributed by atoms with Gasteiger partial charge < -0.3 is 10.2 Å². The largest absolute Gasteiger partial charge is 0.354 e. The number of sulfonamides is 1. The fourth-order valence-electron chi connectivity index (χ4n) is 3.77. The minimum atomic E-state index is -3.50. The molecule has 0 bridgehead atoms. The molecule has 1 atom stereocenters. The Balaban J connectivity index is 2.14. The Hall–Kier alpha value is -2.87. The van der Waals surface area contributed by atoms with Gasteiger partial charge in [0.05, 0.1) is 11.9 Å². The van der Waals surface area contributed by atoms with Crippen LogP contribution in [-0.4, -0.2) is 50.5 Å². The first-order chi connectivity index (χ1) is 16.6. The van der Waals surface area contributed by atoms with E-state index in [2.05, 4.69) is 5.32 Å². The first-order valence-electron chi connectivity index (χ1n) is 12.3. The van der Waals surface area contributed by atoms with Gasteiger partial charge in [0.2, 0.25) is 21.8 Å². The van der Waals surface area contributed by atoms with E-state index in [1.165, 1.54) is 10.6 Å². The molecule has 8 heteroatoms. The smallest absolute Gasteiger partial charge is 0.242 e. The number of nitrogens with one attached hydrogen (secondary N) is 1. The summed E-state index contributed by atoms with van der Waals surface area (Å²) < 4.78 is 26.2. The zero-order valence-corrected chi connectivity index (χ0v) is 22.4. The second kappa shape index (κ2) is 13.3. The van der Waals surface area contributed by atoms with E-state index in [0.29, 0.717) is 25.2 Å². The zero-order valence-electron chi connectivity index (χ0n) is 21.6. The summed E-state index contributed by atoms with van der Waals surface area (Å²) in [5.74, 6) is -0.374. The van der Waals surface area contributed by atoms with Crippen molar-refractivity contribution in [3.8, 4) is 0 Å². The highest BCUT2D eigenvalue weighted by atomic mass is 32.2. The zero-order chi connectivity index (χ0) is 26.0. The lowest BCUT2D eigenvalue weighted by Crippen LogP contribution is -2.47. The van der Waals surface area contributed by atoms with Crippen molar-refractivity contribution < 1.29 is 18.0 Å². The first-order valence-corrected chi connectivity index (χ1v) is 14.1. The van der Waals surface area contributed by atoms with Crippen LogP contribution in [0.5, 0.6) is 0 Å². The third-order valence-electron chi connectivity index (χ3n) is 5.97. The quantitative estimate of drug-likeness (QED) is 0.449. The minimum absolute atomic E-state index is 0.135. The van der Waals surface area contributed by atoms with Crippen LogP contribution in [0.4, 0.5) is 5.69 Å². The van der Waals surface area contributed by atoms with E-state index in [1.807, 2.05) is 57.2 Å². The maximum atomic E-state index is 13.3. The number of aryl methyl sites for hydroxylation is 2. The van der Waals surface area contributed by atoms with Crippen LogP contribution in [-0.2, 0) is 32.6 Å². The van der Waals surface area contributed by atoms with E-state index in [-0.39, 0.29) is 24.8 Å². The number of carbonyl (C=O) groups excluding carboxylic acids is 2. The van der Waals surface area contributed by atoms with Crippen molar-refractivity contribution >= 4 is 27.5 Å². The lowest BCUT2D eigenvalue weighted by Gasteiger charge is -2.29.